The van der Waals surface area contributed by atoms with E-state index >= 15 is 0 Å². The maximum absolute atomic E-state index is 14.0. The first-order chi connectivity index (χ1) is 14.9. The van der Waals surface area contributed by atoms with Gasteiger partial charge in [0.15, 0.2) is 0 Å². The Balaban J connectivity index is 1.77. The van der Waals surface area contributed by atoms with Crippen LogP contribution in [0.2, 0.25) is 5.02 Å². The second-order valence-electron chi connectivity index (χ2n) is 6.79. The Bertz CT molecular complexity index is 1190. The van der Waals surface area contributed by atoms with Crippen molar-refractivity contribution >= 4 is 29.1 Å². The summed E-state index contributed by atoms with van der Waals surface area (Å²) in [5.74, 6) is 0.353. The number of nitrogens with zero attached hydrogens (tertiary/aromatic N) is 3. The number of hydrogen-bond donors (Lipinski definition) is 2. The van der Waals surface area contributed by atoms with Gasteiger partial charge in [0.25, 0.3) is 5.91 Å². The molecule has 1 atom stereocenters. The zero-order chi connectivity index (χ0) is 22.1. The van der Waals surface area contributed by atoms with E-state index in [-0.39, 0.29) is 0 Å². The van der Waals surface area contributed by atoms with Crippen LogP contribution in [0.15, 0.2) is 54.0 Å². The van der Waals surface area contributed by atoms with Crippen molar-refractivity contribution < 1.29 is 18.7 Å². The van der Waals surface area contributed by atoms with Crippen molar-refractivity contribution in [3.05, 3.63) is 70.4 Å². The monoisotopic (exact) mass is 443 g/mol. The first-order valence-corrected chi connectivity index (χ1v) is 9.66. The highest BCUT2D eigenvalue weighted by molar-refractivity contribution is 6.32. The van der Waals surface area contributed by atoms with Crippen LogP contribution in [0.25, 0.3) is 0 Å². The predicted octanol–water partition coefficient (Wildman–Crippen LogP) is 4.02. The summed E-state index contributed by atoms with van der Waals surface area (Å²) in [6, 6.07) is 8.47. The number of halogens is 2. The summed E-state index contributed by atoms with van der Waals surface area (Å²) in [6.45, 7) is 1.75. The van der Waals surface area contributed by atoms with Crippen molar-refractivity contribution in [1.82, 2.24) is 14.8 Å². The maximum Gasteiger partial charge on any atom is 0.255 e. The van der Waals surface area contributed by atoms with Crippen LogP contribution in [0.5, 0.6) is 11.5 Å². The average molecular weight is 444 g/mol. The molecule has 8 nitrogen and oxygen atoms in total. The number of methoxy groups -OCH3 is 2. The zero-order valence-electron chi connectivity index (χ0n) is 16.9. The fraction of sp³-hybridized carbons (Fsp3) is 0.190. The highest BCUT2D eigenvalue weighted by Gasteiger charge is 2.34. The van der Waals surface area contributed by atoms with Gasteiger partial charge in [-0.2, -0.15) is 10.1 Å². The molecule has 0 fully saturated rings. The number of allylic oxidation sites excluding steroid dienone is 1. The Labute approximate surface area is 182 Å². The molecule has 4 rings (SSSR count). The highest BCUT2D eigenvalue weighted by Crippen LogP contribution is 2.38. The number of ether oxygens (including phenoxy) is 2. The summed E-state index contributed by atoms with van der Waals surface area (Å²) in [5, 5.41) is 10.5. The van der Waals surface area contributed by atoms with Crippen LogP contribution in [-0.4, -0.2) is 34.9 Å². The van der Waals surface area contributed by atoms with Crippen LogP contribution < -0.4 is 20.1 Å². The van der Waals surface area contributed by atoms with Gasteiger partial charge in [-0.15, -0.1) is 0 Å². The summed E-state index contributed by atoms with van der Waals surface area (Å²) >= 11 is 6.16. The topological polar surface area (TPSA) is 90.3 Å². The summed E-state index contributed by atoms with van der Waals surface area (Å²) in [4.78, 5) is 17.6. The Morgan fingerprint density at radius 1 is 1.23 bits per heavy atom. The largest absolute Gasteiger partial charge is 0.495 e. The number of carbonyl (C=O) groups is 1. The van der Waals surface area contributed by atoms with Gasteiger partial charge in [-0.3, -0.25) is 4.79 Å². The zero-order valence-corrected chi connectivity index (χ0v) is 17.7. The maximum atomic E-state index is 14.0. The Kier molecular flexibility index (Phi) is 5.51. The quantitative estimate of drug-likeness (QED) is 0.619. The SMILES string of the molecule is COc1cc(NC(=O)C2=C(C)Nc3ncnn3[C@H]2c2cccc(F)c2)c(OC)cc1Cl. The Morgan fingerprint density at radius 3 is 2.71 bits per heavy atom. The second kappa shape index (κ2) is 8.27. The molecule has 0 saturated heterocycles. The molecule has 1 aromatic heterocycles. The molecule has 1 amide bonds. The molecule has 1 aliphatic rings. The molecule has 0 aliphatic carbocycles. The van der Waals surface area contributed by atoms with E-state index in [0.29, 0.717) is 45.0 Å². The van der Waals surface area contributed by atoms with E-state index in [1.165, 1.54) is 37.4 Å². The predicted molar refractivity (Wildman–Crippen MR) is 114 cm³/mol. The molecular weight excluding hydrogens is 425 g/mol. The minimum absolute atomic E-state index is 0.344. The van der Waals surface area contributed by atoms with Gasteiger partial charge in [0, 0.05) is 17.8 Å². The first-order valence-electron chi connectivity index (χ1n) is 9.28. The number of fused-ring (bicyclic) bond motifs is 1. The summed E-state index contributed by atoms with van der Waals surface area (Å²) in [6.07, 6.45) is 1.37. The van der Waals surface area contributed by atoms with Gasteiger partial charge in [0.1, 0.15) is 29.7 Å². The molecule has 0 saturated carbocycles. The summed E-state index contributed by atoms with van der Waals surface area (Å²) < 4.78 is 26.1. The lowest BCUT2D eigenvalue weighted by atomic mass is 9.95. The van der Waals surface area contributed by atoms with Crippen LogP contribution >= 0.6 is 11.6 Å². The van der Waals surface area contributed by atoms with Gasteiger partial charge in [0.2, 0.25) is 5.95 Å². The van der Waals surface area contributed by atoms with E-state index in [1.54, 1.807) is 31.2 Å². The molecule has 2 aromatic carbocycles. The van der Waals surface area contributed by atoms with Crippen molar-refractivity contribution in [2.24, 2.45) is 0 Å². The van der Waals surface area contributed by atoms with E-state index in [1.807, 2.05) is 0 Å². The van der Waals surface area contributed by atoms with Crippen molar-refractivity contribution in [3.8, 4) is 11.5 Å². The molecule has 0 spiro atoms. The molecule has 3 aromatic rings. The van der Waals surface area contributed by atoms with E-state index in [2.05, 4.69) is 20.7 Å². The minimum Gasteiger partial charge on any atom is -0.495 e. The fourth-order valence-corrected chi connectivity index (χ4v) is 3.75. The third-order valence-electron chi connectivity index (χ3n) is 4.93. The van der Waals surface area contributed by atoms with E-state index in [4.69, 9.17) is 21.1 Å². The molecule has 0 bridgehead atoms. The lowest BCUT2D eigenvalue weighted by Crippen LogP contribution is -2.31. The van der Waals surface area contributed by atoms with E-state index < -0.39 is 17.8 Å². The van der Waals surface area contributed by atoms with Crippen molar-refractivity contribution in [1.29, 1.82) is 0 Å². The number of aromatic nitrogens is 3. The minimum atomic E-state index is -0.686. The van der Waals surface area contributed by atoms with Crippen LogP contribution in [0.1, 0.15) is 18.5 Å². The van der Waals surface area contributed by atoms with E-state index in [9.17, 15) is 9.18 Å². The Hall–Kier alpha value is -3.59. The number of nitrogens with one attached hydrogen (secondary N) is 2. The number of benzene rings is 2. The van der Waals surface area contributed by atoms with Gasteiger partial charge in [-0.1, -0.05) is 23.7 Å². The van der Waals surface area contributed by atoms with Crippen molar-refractivity contribution in [3.63, 3.8) is 0 Å². The van der Waals surface area contributed by atoms with Crippen LogP contribution in [-0.2, 0) is 4.79 Å². The van der Waals surface area contributed by atoms with Gasteiger partial charge >= 0.3 is 0 Å². The van der Waals surface area contributed by atoms with Crippen LogP contribution in [0.3, 0.4) is 0 Å². The number of rotatable bonds is 5. The third-order valence-corrected chi connectivity index (χ3v) is 5.22. The number of hydrogen-bond acceptors (Lipinski definition) is 6. The molecule has 0 unspecified atom stereocenters. The van der Waals surface area contributed by atoms with Crippen LogP contribution in [0.4, 0.5) is 16.0 Å². The normalized spacial score (nSPS) is 15.2. The van der Waals surface area contributed by atoms with Gasteiger partial charge in [-0.05, 0) is 24.6 Å². The molecule has 10 heteroatoms. The number of anilines is 2. The lowest BCUT2D eigenvalue weighted by molar-refractivity contribution is -0.113. The van der Waals surface area contributed by atoms with Crippen molar-refractivity contribution in [2.75, 3.05) is 24.9 Å². The lowest BCUT2D eigenvalue weighted by Gasteiger charge is -2.29. The third kappa shape index (κ3) is 3.79. The molecule has 0 radical (unpaired) electrons. The van der Waals surface area contributed by atoms with Crippen LogP contribution in [0, 0.1) is 5.82 Å². The fourth-order valence-electron chi connectivity index (χ4n) is 3.52. The smallest absolute Gasteiger partial charge is 0.255 e. The van der Waals surface area contributed by atoms with Gasteiger partial charge in [0.05, 0.1) is 30.5 Å². The van der Waals surface area contributed by atoms with Gasteiger partial charge < -0.3 is 20.1 Å². The highest BCUT2D eigenvalue weighted by atomic mass is 35.5. The molecule has 1 aliphatic heterocycles. The average Bonchev–Trinajstić information content (AvgIpc) is 3.21. The van der Waals surface area contributed by atoms with E-state index in [0.717, 1.165) is 0 Å². The second-order valence-corrected chi connectivity index (χ2v) is 7.20. The number of carbonyl (C=O) groups excluding carboxylic acids is 1. The molecule has 2 heterocycles. The summed E-state index contributed by atoms with van der Waals surface area (Å²) in [7, 11) is 2.95. The standard InChI is InChI=1S/C21H19ClFN5O3/c1-11-18(20(29)27-15-9-16(30-2)14(22)8-17(15)31-3)19(12-5-4-6-13(23)7-12)28-21(26-11)24-10-25-28/h4-10,19H,1-3H3,(H,27,29)(H,24,25,26)/t19-/m0/s1. The van der Waals surface area contributed by atoms with Gasteiger partial charge in [-0.25, -0.2) is 9.07 Å². The Morgan fingerprint density at radius 2 is 2.00 bits per heavy atom. The number of amides is 1. The molecule has 2 N–H and O–H groups in total. The summed E-state index contributed by atoms with van der Waals surface area (Å²) in [5.41, 5.74) is 1.83. The molecular formula is C21H19ClFN5O3. The molecule has 160 valence electrons. The van der Waals surface area contributed by atoms with Crippen molar-refractivity contribution in [2.45, 2.75) is 13.0 Å². The first kappa shape index (κ1) is 20.7. The molecule has 31 heavy (non-hydrogen) atoms.